The molecular formula is C16H16F9NOS3. The molecule has 14 heteroatoms. The quantitative estimate of drug-likeness (QED) is 0.208. The lowest BCUT2D eigenvalue weighted by Gasteiger charge is -2.30. The molecule has 2 nitrogen and oxygen atoms in total. The number of nitrogens with one attached hydrogen (secondary N) is 1. The summed E-state index contributed by atoms with van der Waals surface area (Å²) < 4.78 is 123. The van der Waals surface area contributed by atoms with Gasteiger partial charge in [-0.15, -0.1) is 0 Å². The Morgan fingerprint density at radius 3 is 1.87 bits per heavy atom. The molecule has 0 unspecified atom stereocenters. The maximum atomic E-state index is 13.8. The van der Waals surface area contributed by atoms with E-state index in [2.05, 4.69) is 4.18 Å². The van der Waals surface area contributed by atoms with Gasteiger partial charge >= 0.3 is 21.9 Å². The monoisotopic (exact) mass is 505 g/mol. The van der Waals surface area contributed by atoms with Crippen LogP contribution < -0.4 is 8.31 Å². The molecule has 0 aromatic heterocycles. The normalized spacial score (nSPS) is 17.2. The predicted molar refractivity (Wildman–Crippen MR) is 99.7 cm³/mol. The second-order valence-corrected chi connectivity index (χ2v) is 9.31. The Hall–Kier alpha value is -0.600. The molecule has 1 aromatic rings. The van der Waals surface area contributed by atoms with Crippen molar-refractivity contribution in [1.82, 2.24) is 4.13 Å². The highest BCUT2D eigenvalue weighted by Crippen LogP contribution is 2.55. The molecule has 0 amide bonds. The zero-order valence-corrected chi connectivity index (χ0v) is 17.4. The first kappa shape index (κ1) is 25.7. The smallest absolute Gasteiger partial charge is 0.419 e. The number of halogens is 9. The molecule has 1 saturated carbocycles. The van der Waals surface area contributed by atoms with Crippen LogP contribution in [0.25, 0.3) is 0 Å². The van der Waals surface area contributed by atoms with E-state index in [1.54, 1.807) is 12.1 Å². The molecule has 0 heterocycles. The predicted octanol–water partition coefficient (Wildman–Crippen LogP) is 7.99. The fourth-order valence-electron chi connectivity index (χ4n) is 2.74. The Labute approximate surface area is 179 Å². The average Bonchev–Trinajstić information content (AvgIpc) is 2.66. The van der Waals surface area contributed by atoms with Crippen molar-refractivity contribution in [3.8, 4) is 5.75 Å². The Kier molecular flexibility index (Phi) is 8.47. The maximum absolute atomic E-state index is 13.8. The number of benzene rings is 1. The van der Waals surface area contributed by atoms with Gasteiger partial charge in [-0.3, -0.25) is 0 Å². The SMILES string of the molecule is FC(F)(F)SNSC(F)(F)C(F)(F)C(F)(F)SOc1ccc(C2CCCCC2)cc1. The summed E-state index contributed by atoms with van der Waals surface area (Å²) >= 11 is -3.92. The van der Waals surface area contributed by atoms with E-state index in [0.29, 0.717) is 5.92 Å². The van der Waals surface area contributed by atoms with Crippen LogP contribution in [0.1, 0.15) is 43.6 Å². The van der Waals surface area contributed by atoms with E-state index in [9.17, 15) is 39.5 Å². The van der Waals surface area contributed by atoms with Gasteiger partial charge in [-0.05, 0) is 36.5 Å². The highest BCUT2D eigenvalue weighted by atomic mass is 32.2. The molecule has 30 heavy (non-hydrogen) atoms. The Morgan fingerprint density at radius 2 is 1.33 bits per heavy atom. The summed E-state index contributed by atoms with van der Waals surface area (Å²) in [6, 6.07) is 5.70. The van der Waals surface area contributed by atoms with E-state index < -0.39 is 57.9 Å². The Morgan fingerprint density at radius 1 is 0.767 bits per heavy atom. The summed E-state index contributed by atoms with van der Waals surface area (Å²) in [5.74, 6) is -5.97. The standard InChI is InChI=1S/C16H16F9NOS3/c17-13(18,14(19,20)28-26-29-16(23,24)25)15(21,22)30-27-12-8-6-11(7-9-12)10-4-2-1-3-5-10/h6-10,26H,1-5H2. The summed E-state index contributed by atoms with van der Waals surface area (Å²) in [4.78, 5) is 0. The van der Waals surface area contributed by atoms with Gasteiger partial charge < -0.3 is 4.18 Å². The first-order valence-corrected chi connectivity index (χ1v) is 10.9. The fraction of sp³-hybridized carbons (Fsp3) is 0.625. The van der Waals surface area contributed by atoms with Crippen molar-refractivity contribution in [2.45, 2.75) is 60.0 Å². The van der Waals surface area contributed by atoms with Crippen LogP contribution in [0.4, 0.5) is 39.5 Å². The maximum Gasteiger partial charge on any atom is 0.456 e. The largest absolute Gasteiger partial charge is 0.456 e. The van der Waals surface area contributed by atoms with Gasteiger partial charge in [-0.1, -0.05) is 31.4 Å². The van der Waals surface area contributed by atoms with E-state index >= 15 is 0 Å². The molecule has 0 spiro atoms. The van der Waals surface area contributed by atoms with Gasteiger partial charge in [0.15, 0.2) is 0 Å². The third-order valence-corrected chi connectivity index (χ3v) is 6.41. The van der Waals surface area contributed by atoms with Gasteiger partial charge in [0.1, 0.15) is 17.8 Å². The van der Waals surface area contributed by atoms with E-state index in [4.69, 9.17) is 0 Å². The van der Waals surface area contributed by atoms with Crippen LogP contribution in [-0.2, 0) is 0 Å². The minimum atomic E-state index is -6.02. The van der Waals surface area contributed by atoms with Gasteiger partial charge in [-0.2, -0.15) is 43.6 Å². The molecule has 0 saturated heterocycles. The van der Waals surface area contributed by atoms with Crippen LogP contribution in [0.3, 0.4) is 0 Å². The molecule has 0 radical (unpaired) electrons. The van der Waals surface area contributed by atoms with Gasteiger partial charge in [0.2, 0.25) is 0 Å². The number of alkyl halides is 9. The first-order valence-electron chi connectivity index (χ1n) is 8.52. The molecule has 1 aromatic carbocycles. The van der Waals surface area contributed by atoms with Crippen LogP contribution >= 0.6 is 35.9 Å². The van der Waals surface area contributed by atoms with Crippen LogP contribution in [0.5, 0.6) is 5.75 Å². The number of hydrogen-bond acceptors (Lipinski definition) is 5. The van der Waals surface area contributed by atoms with E-state index in [-0.39, 0.29) is 5.75 Å². The summed E-state index contributed by atoms with van der Waals surface area (Å²) in [5, 5.41) is -11.0. The molecule has 0 aliphatic heterocycles. The Bertz CT molecular complexity index is 680. The van der Waals surface area contributed by atoms with Crippen molar-refractivity contribution >= 4 is 35.9 Å². The second-order valence-electron chi connectivity index (χ2n) is 6.41. The molecule has 1 aliphatic rings. The van der Waals surface area contributed by atoms with Crippen molar-refractivity contribution in [2.24, 2.45) is 0 Å². The molecule has 0 bridgehead atoms. The third kappa shape index (κ3) is 6.70. The van der Waals surface area contributed by atoms with Crippen molar-refractivity contribution in [3.05, 3.63) is 29.8 Å². The zero-order chi connectivity index (χ0) is 22.6. The van der Waals surface area contributed by atoms with Gasteiger partial charge in [0.25, 0.3) is 0 Å². The lowest BCUT2D eigenvalue weighted by molar-refractivity contribution is -0.238. The van der Waals surface area contributed by atoms with Crippen LogP contribution in [0.15, 0.2) is 24.3 Å². The summed E-state index contributed by atoms with van der Waals surface area (Å²) in [5.41, 5.74) is -4.14. The minimum Gasteiger partial charge on any atom is -0.419 e. The van der Waals surface area contributed by atoms with E-state index in [1.165, 1.54) is 12.1 Å². The van der Waals surface area contributed by atoms with Crippen molar-refractivity contribution in [1.29, 1.82) is 0 Å². The molecule has 1 aliphatic carbocycles. The molecular weight excluding hydrogens is 489 g/mol. The van der Waals surface area contributed by atoms with Crippen molar-refractivity contribution in [3.63, 3.8) is 0 Å². The fourth-order valence-corrected chi connectivity index (χ4v) is 4.57. The van der Waals surface area contributed by atoms with Crippen LogP contribution in [-0.4, -0.2) is 21.9 Å². The molecule has 0 atom stereocenters. The number of rotatable bonds is 9. The highest BCUT2D eigenvalue weighted by Gasteiger charge is 2.74. The van der Waals surface area contributed by atoms with Crippen molar-refractivity contribution in [2.75, 3.05) is 0 Å². The minimum absolute atomic E-state index is 0.253. The van der Waals surface area contributed by atoms with Crippen LogP contribution in [0, 0.1) is 0 Å². The second kappa shape index (κ2) is 9.90. The van der Waals surface area contributed by atoms with E-state index in [0.717, 1.165) is 41.8 Å². The molecule has 172 valence electrons. The van der Waals surface area contributed by atoms with Crippen LogP contribution in [0.2, 0.25) is 0 Å². The average molecular weight is 505 g/mol. The van der Waals surface area contributed by atoms with E-state index in [1.807, 2.05) is 0 Å². The lowest BCUT2D eigenvalue weighted by atomic mass is 9.84. The molecule has 2 rings (SSSR count). The van der Waals surface area contributed by atoms with Gasteiger partial charge in [-0.25, -0.2) is 0 Å². The van der Waals surface area contributed by atoms with Crippen molar-refractivity contribution < 1.29 is 43.7 Å². The topological polar surface area (TPSA) is 21.3 Å². The molecule has 1 N–H and O–H groups in total. The van der Waals surface area contributed by atoms with Gasteiger partial charge in [0.05, 0.1) is 0 Å². The lowest BCUT2D eigenvalue weighted by Crippen LogP contribution is -2.51. The third-order valence-electron chi connectivity index (χ3n) is 4.26. The zero-order valence-electron chi connectivity index (χ0n) is 15.0. The number of hydrogen-bond donors (Lipinski definition) is 1. The summed E-state index contributed by atoms with van der Waals surface area (Å²) in [6.07, 6.45) is 5.18. The highest BCUT2D eigenvalue weighted by molar-refractivity contribution is 8.13. The summed E-state index contributed by atoms with van der Waals surface area (Å²) in [6.45, 7) is 0. The molecule has 1 fully saturated rings. The summed E-state index contributed by atoms with van der Waals surface area (Å²) in [7, 11) is 0. The first-order chi connectivity index (χ1) is 13.8. The Balaban J connectivity index is 1.96. The van der Waals surface area contributed by atoms with Gasteiger partial charge in [0, 0.05) is 23.9 Å².